The van der Waals surface area contributed by atoms with E-state index < -0.39 is 32.0 Å². The molecular formula is C36H44Cl2N2O5Si. The van der Waals surface area contributed by atoms with Gasteiger partial charge in [-0.15, -0.1) is 0 Å². The molecule has 2 aliphatic rings. The van der Waals surface area contributed by atoms with E-state index >= 15 is 4.79 Å². The lowest BCUT2D eigenvalue weighted by Gasteiger charge is -2.52. The second-order valence-corrected chi connectivity index (χ2v) is 19.9. The third kappa shape index (κ3) is 7.36. The maximum absolute atomic E-state index is 15.1. The van der Waals surface area contributed by atoms with Crippen molar-refractivity contribution < 1.29 is 23.5 Å². The molecule has 2 fully saturated rings. The Morgan fingerprint density at radius 2 is 1.76 bits per heavy atom. The first kappa shape index (κ1) is 34.6. The molecule has 0 unspecified atom stereocenters. The molecule has 1 aliphatic carbocycles. The SMILES string of the molecule is COC(=O)c1ccc(C[C@@]2(C)O[C@H](c3cccc(Cl)c3)[C@@H](c3ccc(Cl)cc3)N([C@H](CO[Si](C)(C)C(C)(C)C)C3CC3)C2=O)nc1. The normalized spacial score (nSPS) is 22.9. The monoisotopic (exact) mass is 682 g/mol. The summed E-state index contributed by atoms with van der Waals surface area (Å²) in [6.45, 7) is 13.5. The Balaban J connectivity index is 1.62. The lowest BCUT2D eigenvalue weighted by molar-refractivity contribution is -0.205. The van der Waals surface area contributed by atoms with Crippen LogP contribution in [0.3, 0.4) is 0 Å². The minimum absolute atomic E-state index is 0.0194. The molecule has 4 atom stereocenters. The van der Waals surface area contributed by atoms with Gasteiger partial charge in [-0.2, -0.15) is 0 Å². The molecular weight excluding hydrogens is 639 g/mol. The van der Waals surface area contributed by atoms with Crippen LogP contribution in [0.15, 0.2) is 66.9 Å². The van der Waals surface area contributed by atoms with E-state index in [2.05, 4.69) is 38.8 Å². The third-order valence-corrected chi connectivity index (χ3v) is 14.7. The highest BCUT2D eigenvalue weighted by Crippen LogP contribution is 2.51. The Morgan fingerprint density at radius 3 is 2.33 bits per heavy atom. The van der Waals surface area contributed by atoms with E-state index in [1.54, 1.807) is 12.1 Å². The van der Waals surface area contributed by atoms with Gasteiger partial charge in [0.25, 0.3) is 5.91 Å². The molecule has 5 rings (SSSR count). The fourth-order valence-electron chi connectivity index (χ4n) is 5.89. The number of carbonyl (C=O) groups is 2. The van der Waals surface area contributed by atoms with Crippen LogP contribution in [0.4, 0.5) is 0 Å². The smallest absolute Gasteiger partial charge is 0.339 e. The number of morpholine rings is 1. The Kier molecular flexibility index (Phi) is 10.1. The highest BCUT2D eigenvalue weighted by Gasteiger charge is 2.55. The summed E-state index contributed by atoms with van der Waals surface area (Å²) in [7, 11) is -0.803. The molecule has 1 saturated carbocycles. The molecule has 0 N–H and O–H groups in total. The zero-order valence-corrected chi connectivity index (χ0v) is 30.2. The van der Waals surface area contributed by atoms with Crippen LogP contribution in [0, 0.1) is 5.92 Å². The first-order valence-corrected chi connectivity index (χ1v) is 19.5. The van der Waals surface area contributed by atoms with Crippen molar-refractivity contribution in [3.8, 4) is 0 Å². The molecule has 1 aliphatic heterocycles. The summed E-state index contributed by atoms with van der Waals surface area (Å²) in [5.41, 5.74) is 1.47. The Labute approximate surface area is 283 Å². The molecule has 46 heavy (non-hydrogen) atoms. The van der Waals surface area contributed by atoms with Crippen LogP contribution in [-0.4, -0.2) is 55.4 Å². The highest BCUT2D eigenvalue weighted by atomic mass is 35.5. The minimum atomic E-state index is -2.13. The van der Waals surface area contributed by atoms with E-state index in [0.717, 1.165) is 24.0 Å². The van der Waals surface area contributed by atoms with E-state index in [1.807, 2.05) is 60.4 Å². The number of benzene rings is 2. The standard InChI is InChI=1S/C36H44Cl2N2O5Si/c1-35(2,3)46(6,7)44-22-30(23-11-12-23)40-31(24-13-16-27(37)17-14-24)32(25-9-8-10-28(38)19-25)45-36(4,34(40)42)20-29-18-15-26(21-39-29)33(41)43-5/h8-10,13-19,21,23,30-32H,11-12,20,22H2,1-7H3/t30-,31-,32-,36-/m1/s1. The van der Waals surface area contributed by atoms with Crippen LogP contribution in [0.5, 0.6) is 0 Å². The number of ether oxygens (including phenoxy) is 2. The summed E-state index contributed by atoms with van der Waals surface area (Å²) < 4.78 is 18.7. The van der Waals surface area contributed by atoms with E-state index in [-0.39, 0.29) is 23.4 Å². The summed E-state index contributed by atoms with van der Waals surface area (Å²) in [5, 5.41) is 1.22. The van der Waals surface area contributed by atoms with Crippen molar-refractivity contribution in [1.29, 1.82) is 0 Å². The van der Waals surface area contributed by atoms with Gasteiger partial charge in [0.05, 0.1) is 31.4 Å². The molecule has 2 heterocycles. The van der Waals surface area contributed by atoms with E-state index in [4.69, 9.17) is 37.1 Å². The molecule has 7 nitrogen and oxygen atoms in total. The van der Waals surface area contributed by atoms with Crippen LogP contribution in [0.25, 0.3) is 0 Å². The molecule has 0 radical (unpaired) electrons. The summed E-state index contributed by atoms with van der Waals surface area (Å²) >= 11 is 12.9. The minimum Gasteiger partial charge on any atom is -0.465 e. The molecule has 0 spiro atoms. The van der Waals surface area contributed by atoms with Crippen molar-refractivity contribution in [3.63, 3.8) is 0 Å². The van der Waals surface area contributed by atoms with Gasteiger partial charge in [-0.05, 0) is 91.3 Å². The zero-order valence-electron chi connectivity index (χ0n) is 27.7. The molecule has 2 aromatic carbocycles. The van der Waals surface area contributed by atoms with Crippen LogP contribution >= 0.6 is 23.2 Å². The lowest BCUT2D eigenvalue weighted by atomic mass is 9.85. The number of carbonyl (C=O) groups excluding carboxylic acids is 2. The van der Waals surface area contributed by atoms with Crippen LogP contribution < -0.4 is 0 Å². The van der Waals surface area contributed by atoms with Gasteiger partial charge in [-0.3, -0.25) is 9.78 Å². The lowest BCUT2D eigenvalue weighted by Crippen LogP contribution is -2.62. The molecule has 0 bridgehead atoms. The largest absolute Gasteiger partial charge is 0.465 e. The van der Waals surface area contributed by atoms with Gasteiger partial charge in [0.1, 0.15) is 6.10 Å². The first-order valence-electron chi connectivity index (χ1n) is 15.8. The molecule has 246 valence electrons. The second-order valence-electron chi connectivity index (χ2n) is 14.2. The molecule has 10 heteroatoms. The van der Waals surface area contributed by atoms with Gasteiger partial charge in [0, 0.05) is 28.4 Å². The number of rotatable bonds is 10. The number of nitrogens with zero attached hydrogens (tertiary/aromatic N) is 2. The third-order valence-electron chi connectivity index (χ3n) is 9.76. The highest BCUT2D eigenvalue weighted by molar-refractivity contribution is 6.74. The topological polar surface area (TPSA) is 78.0 Å². The number of hydrogen-bond acceptors (Lipinski definition) is 6. The van der Waals surface area contributed by atoms with Crippen LogP contribution in [0.1, 0.15) is 79.9 Å². The van der Waals surface area contributed by atoms with Crippen molar-refractivity contribution in [1.82, 2.24) is 9.88 Å². The average molecular weight is 684 g/mol. The number of aromatic nitrogens is 1. The zero-order chi connectivity index (χ0) is 33.4. The summed E-state index contributed by atoms with van der Waals surface area (Å²) in [6, 6.07) is 18.1. The predicted molar refractivity (Wildman–Crippen MR) is 184 cm³/mol. The van der Waals surface area contributed by atoms with Crippen LogP contribution in [0.2, 0.25) is 28.2 Å². The van der Waals surface area contributed by atoms with Crippen molar-refractivity contribution in [2.24, 2.45) is 5.92 Å². The van der Waals surface area contributed by atoms with E-state index in [1.165, 1.54) is 13.3 Å². The maximum Gasteiger partial charge on any atom is 0.339 e. The summed E-state index contributed by atoms with van der Waals surface area (Å²) in [5.74, 6) is -0.286. The molecule has 1 aromatic heterocycles. The maximum atomic E-state index is 15.1. The van der Waals surface area contributed by atoms with Crippen molar-refractivity contribution in [3.05, 3.63) is 99.3 Å². The van der Waals surface area contributed by atoms with Crippen LogP contribution in [-0.2, 0) is 25.1 Å². The number of esters is 1. The summed E-state index contributed by atoms with van der Waals surface area (Å²) in [6.07, 6.45) is 3.18. The Morgan fingerprint density at radius 1 is 1.07 bits per heavy atom. The van der Waals surface area contributed by atoms with Crippen molar-refractivity contribution >= 4 is 43.4 Å². The van der Waals surface area contributed by atoms with Gasteiger partial charge in [0.15, 0.2) is 13.9 Å². The van der Waals surface area contributed by atoms with Gasteiger partial charge in [-0.1, -0.05) is 68.2 Å². The quantitative estimate of drug-likeness (QED) is 0.157. The number of halogens is 2. The Hall–Kier alpha value is -2.75. The number of methoxy groups -OCH3 is 1. The van der Waals surface area contributed by atoms with Gasteiger partial charge < -0.3 is 18.8 Å². The molecule has 1 amide bonds. The van der Waals surface area contributed by atoms with E-state index in [0.29, 0.717) is 33.8 Å². The first-order chi connectivity index (χ1) is 21.6. The van der Waals surface area contributed by atoms with Gasteiger partial charge in [0.2, 0.25) is 0 Å². The van der Waals surface area contributed by atoms with Gasteiger partial charge in [-0.25, -0.2) is 4.79 Å². The molecule has 3 aromatic rings. The van der Waals surface area contributed by atoms with E-state index in [9.17, 15) is 4.79 Å². The molecule has 1 saturated heterocycles. The number of hydrogen-bond donors (Lipinski definition) is 0. The van der Waals surface area contributed by atoms with Gasteiger partial charge >= 0.3 is 5.97 Å². The van der Waals surface area contributed by atoms with Crippen molar-refractivity contribution in [2.45, 2.75) is 88.9 Å². The fraction of sp³-hybridized carbons (Fsp3) is 0.472. The summed E-state index contributed by atoms with van der Waals surface area (Å²) in [4.78, 5) is 33.7. The second kappa shape index (κ2) is 13.4. The number of amides is 1. The predicted octanol–water partition coefficient (Wildman–Crippen LogP) is 8.62. The van der Waals surface area contributed by atoms with Crippen molar-refractivity contribution in [2.75, 3.05) is 13.7 Å². The number of pyridine rings is 1. The fourth-order valence-corrected chi connectivity index (χ4v) is 7.24. The average Bonchev–Trinajstić information content (AvgIpc) is 3.85. The Bertz CT molecular complexity index is 1560.